The monoisotopic (exact) mass is 240 g/mol. The van der Waals surface area contributed by atoms with Crippen LogP contribution in [0.5, 0.6) is 5.88 Å². The van der Waals surface area contributed by atoms with Crippen LogP contribution in [0.4, 0.5) is 5.82 Å². The van der Waals surface area contributed by atoms with Gasteiger partial charge in [-0.05, 0) is 6.92 Å². The zero-order valence-corrected chi connectivity index (χ0v) is 10.8. The van der Waals surface area contributed by atoms with Gasteiger partial charge in [0.05, 0.1) is 12.2 Å². The van der Waals surface area contributed by atoms with Gasteiger partial charge in [-0.3, -0.25) is 0 Å². The van der Waals surface area contributed by atoms with Crippen molar-refractivity contribution in [3.05, 3.63) is 11.4 Å². The van der Waals surface area contributed by atoms with Gasteiger partial charge in [0.15, 0.2) is 0 Å². The number of hydrogen-bond donors (Lipinski definition) is 2. The first kappa shape index (κ1) is 13.7. The lowest BCUT2D eigenvalue weighted by Crippen LogP contribution is -2.15. The molecule has 0 saturated carbocycles. The molecule has 17 heavy (non-hydrogen) atoms. The van der Waals surface area contributed by atoms with Gasteiger partial charge in [-0.2, -0.15) is 4.98 Å². The normalized spacial score (nSPS) is 10.7. The van der Waals surface area contributed by atoms with Crippen LogP contribution in [0.1, 0.15) is 31.2 Å². The summed E-state index contributed by atoms with van der Waals surface area (Å²) in [6.07, 6.45) is 0. The number of aromatic nitrogens is 2. The fraction of sp³-hybridized carbons (Fsp3) is 0.636. The fourth-order valence-corrected chi connectivity index (χ4v) is 1.27. The van der Waals surface area contributed by atoms with Crippen LogP contribution in [0.25, 0.3) is 0 Å². The lowest BCUT2D eigenvalue weighted by molar-refractivity contribution is 0.143. The van der Waals surface area contributed by atoms with Gasteiger partial charge in [0.1, 0.15) is 18.2 Å². The molecule has 96 valence electrons. The molecule has 0 aliphatic heterocycles. The first-order valence-corrected chi connectivity index (χ1v) is 5.57. The molecule has 0 aromatic carbocycles. The van der Waals surface area contributed by atoms with Crippen molar-refractivity contribution in [3.8, 4) is 5.88 Å². The van der Waals surface area contributed by atoms with Gasteiger partial charge in [-0.25, -0.2) is 10.8 Å². The Morgan fingerprint density at radius 1 is 1.29 bits per heavy atom. The van der Waals surface area contributed by atoms with E-state index in [0.717, 1.165) is 5.56 Å². The lowest BCUT2D eigenvalue weighted by atomic mass is 10.2. The van der Waals surface area contributed by atoms with Gasteiger partial charge in [0, 0.05) is 13.0 Å². The van der Waals surface area contributed by atoms with E-state index in [-0.39, 0.29) is 5.92 Å². The molecule has 6 heteroatoms. The minimum atomic E-state index is 0.215. The van der Waals surface area contributed by atoms with Gasteiger partial charge >= 0.3 is 0 Å². The van der Waals surface area contributed by atoms with Crippen molar-refractivity contribution in [2.75, 3.05) is 25.7 Å². The molecular weight excluding hydrogens is 220 g/mol. The number of anilines is 1. The minimum absolute atomic E-state index is 0.215. The van der Waals surface area contributed by atoms with E-state index in [0.29, 0.717) is 30.7 Å². The quantitative estimate of drug-likeness (QED) is 0.442. The van der Waals surface area contributed by atoms with Crippen LogP contribution < -0.4 is 16.0 Å². The molecule has 0 amide bonds. The number of nitrogen functional groups attached to an aromatic ring is 1. The van der Waals surface area contributed by atoms with E-state index >= 15 is 0 Å². The average Bonchev–Trinajstić information content (AvgIpc) is 2.31. The number of hydrazine groups is 1. The third-order valence-corrected chi connectivity index (χ3v) is 2.30. The van der Waals surface area contributed by atoms with Crippen molar-refractivity contribution in [1.29, 1.82) is 0 Å². The maximum atomic E-state index is 5.54. The molecular formula is C11H20N4O2. The zero-order valence-electron chi connectivity index (χ0n) is 10.8. The highest BCUT2D eigenvalue weighted by molar-refractivity contribution is 5.47. The Bertz CT molecular complexity index is 369. The van der Waals surface area contributed by atoms with Crippen LogP contribution in [-0.4, -0.2) is 30.3 Å². The predicted octanol–water partition coefficient (Wildman–Crippen LogP) is 1.22. The van der Waals surface area contributed by atoms with Gasteiger partial charge in [-0.15, -0.1) is 0 Å². The second-order valence-corrected chi connectivity index (χ2v) is 4.00. The zero-order chi connectivity index (χ0) is 12.8. The Morgan fingerprint density at radius 3 is 2.53 bits per heavy atom. The third-order valence-electron chi connectivity index (χ3n) is 2.30. The highest BCUT2D eigenvalue weighted by Crippen LogP contribution is 2.24. The molecule has 6 nitrogen and oxygen atoms in total. The van der Waals surface area contributed by atoms with Gasteiger partial charge in [0.2, 0.25) is 5.88 Å². The van der Waals surface area contributed by atoms with E-state index < -0.39 is 0 Å². The largest absolute Gasteiger partial charge is 0.475 e. The molecule has 1 rings (SSSR count). The molecule has 0 spiro atoms. The highest BCUT2D eigenvalue weighted by Gasteiger charge is 2.13. The Kier molecular flexibility index (Phi) is 5.11. The maximum absolute atomic E-state index is 5.54. The highest BCUT2D eigenvalue weighted by atomic mass is 16.5. The van der Waals surface area contributed by atoms with E-state index in [1.165, 1.54) is 0 Å². The molecule has 0 aliphatic rings. The van der Waals surface area contributed by atoms with Crippen molar-refractivity contribution in [2.24, 2.45) is 5.84 Å². The molecule has 1 aromatic heterocycles. The molecule has 0 unspecified atom stereocenters. The first-order valence-electron chi connectivity index (χ1n) is 5.57. The molecule has 0 atom stereocenters. The van der Waals surface area contributed by atoms with Crippen LogP contribution in [-0.2, 0) is 4.74 Å². The number of methoxy groups -OCH3 is 1. The number of nitrogens with one attached hydrogen (secondary N) is 1. The maximum Gasteiger partial charge on any atom is 0.221 e. The van der Waals surface area contributed by atoms with Crippen molar-refractivity contribution in [3.63, 3.8) is 0 Å². The SMILES string of the molecule is COCCOc1nc(C(C)C)nc(NN)c1C. The molecule has 3 N–H and O–H groups in total. The molecule has 1 aromatic rings. The number of ether oxygens (including phenoxy) is 2. The van der Waals surface area contributed by atoms with E-state index in [2.05, 4.69) is 15.4 Å². The lowest BCUT2D eigenvalue weighted by Gasteiger charge is -2.14. The summed E-state index contributed by atoms with van der Waals surface area (Å²) in [4.78, 5) is 8.69. The number of hydrogen-bond acceptors (Lipinski definition) is 6. The summed E-state index contributed by atoms with van der Waals surface area (Å²) in [5, 5.41) is 0. The molecule has 0 radical (unpaired) electrons. The second-order valence-electron chi connectivity index (χ2n) is 4.00. The van der Waals surface area contributed by atoms with Gasteiger partial charge < -0.3 is 14.9 Å². The first-order chi connectivity index (χ1) is 8.10. The predicted molar refractivity (Wildman–Crippen MR) is 66.0 cm³/mol. The fourth-order valence-electron chi connectivity index (χ4n) is 1.27. The van der Waals surface area contributed by atoms with Crippen LogP contribution in [0.15, 0.2) is 0 Å². The van der Waals surface area contributed by atoms with Crippen molar-refractivity contribution in [2.45, 2.75) is 26.7 Å². The van der Waals surface area contributed by atoms with Crippen LogP contribution in [0.3, 0.4) is 0 Å². The Labute approximate surface area is 102 Å². The topological polar surface area (TPSA) is 82.3 Å². The minimum Gasteiger partial charge on any atom is -0.475 e. The second kappa shape index (κ2) is 6.36. The molecule has 0 bridgehead atoms. The summed E-state index contributed by atoms with van der Waals surface area (Å²) in [6, 6.07) is 0. The molecule has 1 heterocycles. The van der Waals surface area contributed by atoms with E-state index in [1.807, 2.05) is 20.8 Å². The van der Waals surface area contributed by atoms with Gasteiger partial charge in [-0.1, -0.05) is 13.8 Å². The van der Waals surface area contributed by atoms with E-state index in [9.17, 15) is 0 Å². The summed E-state index contributed by atoms with van der Waals surface area (Å²) in [7, 11) is 1.63. The van der Waals surface area contributed by atoms with Crippen LogP contribution in [0.2, 0.25) is 0 Å². The van der Waals surface area contributed by atoms with Crippen LogP contribution in [0, 0.1) is 6.92 Å². The van der Waals surface area contributed by atoms with Crippen molar-refractivity contribution >= 4 is 5.82 Å². The number of nitrogens with zero attached hydrogens (tertiary/aromatic N) is 2. The Balaban J connectivity index is 2.96. The third kappa shape index (κ3) is 3.54. The summed E-state index contributed by atoms with van der Waals surface area (Å²) < 4.78 is 10.5. The van der Waals surface area contributed by atoms with E-state index in [4.69, 9.17) is 15.3 Å². The average molecular weight is 240 g/mol. The van der Waals surface area contributed by atoms with Crippen LogP contribution >= 0.6 is 0 Å². The number of rotatable bonds is 6. The molecule has 0 fully saturated rings. The van der Waals surface area contributed by atoms with Gasteiger partial charge in [0.25, 0.3) is 0 Å². The Morgan fingerprint density at radius 2 is 2.00 bits per heavy atom. The smallest absolute Gasteiger partial charge is 0.221 e. The summed E-state index contributed by atoms with van der Waals surface area (Å²) in [5.41, 5.74) is 3.36. The summed E-state index contributed by atoms with van der Waals surface area (Å²) in [5.74, 6) is 7.49. The summed E-state index contributed by atoms with van der Waals surface area (Å²) >= 11 is 0. The van der Waals surface area contributed by atoms with Crippen molar-refractivity contribution in [1.82, 2.24) is 9.97 Å². The molecule has 0 saturated heterocycles. The number of nitrogens with two attached hydrogens (primary N) is 1. The van der Waals surface area contributed by atoms with Crippen molar-refractivity contribution < 1.29 is 9.47 Å². The standard InChI is InChI=1S/C11H20N4O2/c1-7(2)9-13-10(15-12)8(3)11(14-9)17-6-5-16-4/h7H,5-6,12H2,1-4H3,(H,13,14,15). The Hall–Kier alpha value is -1.40. The van der Waals surface area contributed by atoms with E-state index in [1.54, 1.807) is 7.11 Å². The molecule has 0 aliphatic carbocycles. The summed E-state index contributed by atoms with van der Waals surface area (Å²) in [6.45, 7) is 6.87.